The van der Waals surface area contributed by atoms with Crippen LogP contribution in [0.25, 0.3) is 0 Å². The summed E-state index contributed by atoms with van der Waals surface area (Å²) in [6, 6.07) is -0.312. The molecule has 0 radical (unpaired) electrons. The lowest BCUT2D eigenvalue weighted by molar-refractivity contribution is -0.139. The van der Waals surface area contributed by atoms with E-state index in [2.05, 4.69) is 17.6 Å². The van der Waals surface area contributed by atoms with Crippen LogP contribution in [0.5, 0.6) is 0 Å². The molecule has 1 unspecified atom stereocenters. The number of carbonyl (C=O) groups is 2. The number of carbonyl (C=O) groups excluding carboxylic acids is 2. The standard InChI is InChI=1S/C13H22N2O3/c1-5-6-7-10-9(8-11(16)18-10)14-12(17)15-13(2,3)4/h8,10H,5-7H2,1-4H3,(H2,14,15,17). The molecule has 1 rings (SSSR count). The van der Waals surface area contributed by atoms with Crippen LogP contribution in [0.3, 0.4) is 0 Å². The second-order valence-electron chi connectivity index (χ2n) is 5.50. The lowest BCUT2D eigenvalue weighted by Crippen LogP contribution is -2.47. The fraction of sp³-hybridized carbons (Fsp3) is 0.692. The van der Waals surface area contributed by atoms with Crippen molar-refractivity contribution in [2.45, 2.75) is 58.6 Å². The van der Waals surface area contributed by atoms with Crippen LogP contribution in [0.4, 0.5) is 4.79 Å². The molecule has 5 heteroatoms. The third-order valence-electron chi connectivity index (χ3n) is 2.44. The predicted molar refractivity (Wildman–Crippen MR) is 68.9 cm³/mol. The molecule has 0 bridgehead atoms. The Bertz CT molecular complexity index is 356. The minimum atomic E-state index is -0.387. The zero-order valence-corrected chi connectivity index (χ0v) is 11.5. The number of rotatable bonds is 4. The molecule has 1 aliphatic heterocycles. The second-order valence-corrected chi connectivity index (χ2v) is 5.50. The molecule has 18 heavy (non-hydrogen) atoms. The summed E-state index contributed by atoms with van der Waals surface area (Å²) in [6.45, 7) is 7.75. The Morgan fingerprint density at radius 2 is 2.11 bits per heavy atom. The number of ether oxygens (including phenoxy) is 1. The number of esters is 1. The van der Waals surface area contributed by atoms with Gasteiger partial charge < -0.3 is 15.4 Å². The van der Waals surface area contributed by atoms with Crippen molar-refractivity contribution in [3.8, 4) is 0 Å². The lowest BCUT2D eigenvalue weighted by atomic mass is 10.1. The van der Waals surface area contributed by atoms with Gasteiger partial charge in [0.15, 0.2) is 0 Å². The van der Waals surface area contributed by atoms with Gasteiger partial charge in [0, 0.05) is 11.6 Å². The van der Waals surface area contributed by atoms with E-state index in [0.29, 0.717) is 5.70 Å². The summed E-state index contributed by atoms with van der Waals surface area (Å²) in [6.07, 6.45) is 3.75. The van der Waals surface area contributed by atoms with Crippen LogP contribution in [-0.4, -0.2) is 23.6 Å². The van der Waals surface area contributed by atoms with Crippen molar-refractivity contribution < 1.29 is 14.3 Å². The van der Waals surface area contributed by atoms with Crippen LogP contribution in [0.15, 0.2) is 11.8 Å². The normalized spacial score (nSPS) is 19.2. The Hall–Kier alpha value is -1.52. The van der Waals surface area contributed by atoms with E-state index in [0.717, 1.165) is 19.3 Å². The number of unbranched alkanes of at least 4 members (excludes halogenated alkanes) is 1. The van der Waals surface area contributed by atoms with E-state index in [1.165, 1.54) is 6.08 Å². The van der Waals surface area contributed by atoms with Crippen molar-refractivity contribution >= 4 is 12.0 Å². The number of hydrogen-bond acceptors (Lipinski definition) is 3. The third kappa shape index (κ3) is 4.77. The van der Waals surface area contributed by atoms with Gasteiger partial charge in [-0.05, 0) is 33.6 Å². The fourth-order valence-corrected chi connectivity index (χ4v) is 1.68. The first-order valence-corrected chi connectivity index (χ1v) is 6.33. The summed E-state index contributed by atoms with van der Waals surface area (Å²) in [4.78, 5) is 22.9. The van der Waals surface area contributed by atoms with E-state index in [-0.39, 0.29) is 23.6 Å². The molecular formula is C13H22N2O3. The molecule has 0 saturated carbocycles. The molecule has 2 amide bonds. The van der Waals surface area contributed by atoms with Crippen LogP contribution < -0.4 is 10.6 Å². The Balaban J connectivity index is 2.55. The molecular weight excluding hydrogens is 232 g/mol. The molecule has 1 atom stereocenters. The maximum Gasteiger partial charge on any atom is 0.333 e. The molecule has 0 aromatic rings. The summed E-state index contributed by atoms with van der Waals surface area (Å²) < 4.78 is 5.13. The average Bonchev–Trinajstić information content (AvgIpc) is 2.52. The van der Waals surface area contributed by atoms with Crippen molar-refractivity contribution in [2.75, 3.05) is 0 Å². The van der Waals surface area contributed by atoms with Gasteiger partial charge in [-0.2, -0.15) is 0 Å². The maximum atomic E-state index is 11.7. The van der Waals surface area contributed by atoms with Gasteiger partial charge in [-0.25, -0.2) is 9.59 Å². The summed E-state index contributed by atoms with van der Waals surface area (Å²) in [5.41, 5.74) is 0.239. The zero-order valence-electron chi connectivity index (χ0n) is 11.5. The summed E-state index contributed by atoms with van der Waals surface area (Å²) >= 11 is 0. The van der Waals surface area contributed by atoms with E-state index in [1.54, 1.807) is 0 Å². The molecule has 102 valence electrons. The Morgan fingerprint density at radius 1 is 1.44 bits per heavy atom. The maximum absolute atomic E-state index is 11.7. The Labute approximate surface area is 108 Å². The molecule has 0 saturated heterocycles. The zero-order chi connectivity index (χ0) is 13.8. The van der Waals surface area contributed by atoms with Gasteiger partial charge in [-0.3, -0.25) is 0 Å². The summed E-state index contributed by atoms with van der Waals surface area (Å²) in [7, 11) is 0. The first kappa shape index (κ1) is 14.5. The van der Waals surface area contributed by atoms with Crippen LogP contribution in [0.2, 0.25) is 0 Å². The highest BCUT2D eigenvalue weighted by Crippen LogP contribution is 2.18. The van der Waals surface area contributed by atoms with E-state index in [4.69, 9.17) is 4.74 Å². The highest BCUT2D eigenvalue weighted by molar-refractivity contribution is 5.88. The minimum absolute atomic E-state index is 0.312. The van der Waals surface area contributed by atoms with E-state index >= 15 is 0 Å². The molecule has 0 aromatic carbocycles. The number of urea groups is 1. The van der Waals surface area contributed by atoms with Crippen LogP contribution in [0, 0.1) is 0 Å². The van der Waals surface area contributed by atoms with Gasteiger partial charge in [0.1, 0.15) is 6.10 Å². The number of cyclic esters (lactones) is 1. The largest absolute Gasteiger partial charge is 0.453 e. The molecule has 1 heterocycles. The monoisotopic (exact) mass is 254 g/mol. The highest BCUT2D eigenvalue weighted by atomic mass is 16.5. The molecule has 5 nitrogen and oxygen atoms in total. The van der Waals surface area contributed by atoms with Crippen molar-refractivity contribution in [2.24, 2.45) is 0 Å². The predicted octanol–water partition coefficient (Wildman–Crippen LogP) is 2.08. The van der Waals surface area contributed by atoms with Gasteiger partial charge in [0.2, 0.25) is 0 Å². The van der Waals surface area contributed by atoms with Crippen molar-refractivity contribution in [3.63, 3.8) is 0 Å². The quantitative estimate of drug-likeness (QED) is 0.755. The number of nitrogens with one attached hydrogen (secondary N) is 2. The van der Waals surface area contributed by atoms with Crippen LogP contribution in [0.1, 0.15) is 47.0 Å². The lowest BCUT2D eigenvalue weighted by Gasteiger charge is -2.22. The van der Waals surface area contributed by atoms with Gasteiger partial charge in [-0.1, -0.05) is 13.3 Å². The van der Waals surface area contributed by atoms with Crippen molar-refractivity contribution in [3.05, 3.63) is 11.8 Å². The topological polar surface area (TPSA) is 67.4 Å². The molecule has 0 spiro atoms. The smallest absolute Gasteiger partial charge is 0.333 e. The first-order chi connectivity index (χ1) is 8.31. The summed E-state index contributed by atoms with van der Waals surface area (Å²) in [5, 5.41) is 5.47. The Morgan fingerprint density at radius 3 is 2.67 bits per heavy atom. The van der Waals surface area contributed by atoms with Gasteiger partial charge in [-0.15, -0.1) is 0 Å². The van der Waals surface area contributed by atoms with Gasteiger partial charge in [0.25, 0.3) is 0 Å². The molecule has 1 aliphatic rings. The van der Waals surface area contributed by atoms with Crippen LogP contribution >= 0.6 is 0 Å². The first-order valence-electron chi connectivity index (χ1n) is 6.33. The van der Waals surface area contributed by atoms with Crippen molar-refractivity contribution in [1.29, 1.82) is 0 Å². The van der Waals surface area contributed by atoms with E-state index in [9.17, 15) is 9.59 Å². The average molecular weight is 254 g/mol. The van der Waals surface area contributed by atoms with Gasteiger partial charge in [0.05, 0.1) is 5.70 Å². The minimum Gasteiger partial charge on any atom is -0.453 e. The fourth-order valence-electron chi connectivity index (χ4n) is 1.68. The van der Waals surface area contributed by atoms with E-state index < -0.39 is 0 Å². The summed E-state index contributed by atoms with van der Waals surface area (Å²) in [5.74, 6) is -0.387. The van der Waals surface area contributed by atoms with Gasteiger partial charge >= 0.3 is 12.0 Å². The molecule has 2 N–H and O–H groups in total. The van der Waals surface area contributed by atoms with Crippen LogP contribution in [-0.2, 0) is 9.53 Å². The number of amides is 2. The molecule has 0 aromatic heterocycles. The number of hydrogen-bond donors (Lipinski definition) is 2. The molecule has 0 aliphatic carbocycles. The Kier molecular flexibility index (Phi) is 4.76. The van der Waals surface area contributed by atoms with Crippen molar-refractivity contribution in [1.82, 2.24) is 10.6 Å². The molecule has 0 fully saturated rings. The SMILES string of the molecule is CCCCC1OC(=O)C=C1NC(=O)NC(C)(C)C. The highest BCUT2D eigenvalue weighted by Gasteiger charge is 2.27. The second kappa shape index (κ2) is 5.89. The van der Waals surface area contributed by atoms with E-state index in [1.807, 2.05) is 20.8 Å². The third-order valence-corrected chi connectivity index (χ3v) is 2.44.